The summed E-state index contributed by atoms with van der Waals surface area (Å²) in [7, 11) is 5.15. The number of amides is 3. The fraction of sp³-hybridized carbons (Fsp3) is 0.583. The van der Waals surface area contributed by atoms with E-state index in [1.165, 1.54) is 31.3 Å². The molecule has 1 aliphatic rings. The van der Waals surface area contributed by atoms with E-state index in [0.717, 1.165) is 0 Å². The summed E-state index contributed by atoms with van der Waals surface area (Å²) in [6.45, 7) is 6.09. The molecule has 0 spiro atoms. The average molecular weight is 741 g/mol. The first-order chi connectivity index (χ1) is 25.1. The number of carbonyl (C=O) groups is 4. The number of aromatic nitrogens is 4. The van der Waals surface area contributed by atoms with E-state index in [9.17, 15) is 29.4 Å². The van der Waals surface area contributed by atoms with Gasteiger partial charge in [-0.2, -0.15) is 0 Å². The number of unbranched alkanes of at least 4 members (excludes halogenated alkanes) is 2. The standard InChI is InChI=1S/C36H52N8O9/c1-21(46)11-9-8-10-12-24(41-35(50)53-36(2,3)4)32(48)40-25(17-22-13-15-23(51-7)16-14-22)33(49)42-27-26(18-45)52-34(29(27)47)44-20-39-28-30(43(5)6)37-19-38-31(28)44/h13-16,19-20,24-27,29,34,45,47H,8-12,17-18H2,1-7H3,(H,40,48)(H,41,50)(H,42,49)/t24-,25?,26-,27+,29?,34-/m1/s1. The number of benzene rings is 1. The number of rotatable bonds is 17. The first-order valence-corrected chi connectivity index (χ1v) is 17.6. The van der Waals surface area contributed by atoms with Gasteiger partial charge in [0.1, 0.15) is 47.8 Å². The highest BCUT2D eigenvalue weighted by Gasteiger charge is 2.46. The zero-order valence-corrected chi connectivity index (χ0v) is 31.4. The summed E-state index contributed by atoms with van der Waals surface area (Å²) in [4.78, 5) is 67.0. The maximum absolute atomic E-state index is 14.1. The Labute approximate surface area is 308 Å². The van der Waals surface area contributed by atoms with Crippen LogP contribution in [-0.4, -0.2) is 117 Å². The molecule has 53 heavy (non-hydrogen) atoms. The molecule has 1 aromatic carbocycles. The highest BCUT2D eigenvalue weighted by molar-refractivity contribution is 5.91. The lowest BCUT2D eigenvalue weighted by Crippen LogP contribution is -2.58. The molecule has 1 fully saturated rings. The van der Waals surface area contributed by atoms with E-state index >= 15 is 0 Å². The van der Waals surface area contributed by atoms with Crippen LogP contribution in [0, 0.1) is 0 Å². The van der Waals surface area contributed by atoms with E-state index < -0.39 is 66.7 Å². The van der Waals surface area contributed by atoms with Gasteiger partial charge < -0.3 is 50.1 Å². The van der Waals surface area contributed by atoms with Gasteiger partial charge >= 0.3 is 6.09 Å². The van der Waals surface area contributed by atoms with Crippen molar-refractivity contribution in [2.24, 2.45) is 0 Å². The Morgan fingerprint density at radius 3 is 2.34 bits per heavy atom. The van der Waals surface area contributed by atoms with Crippen molar-refractivity contribution >= 4 is 40.7 Å². The topological polar surface area (TPSA) is 219 Å². The SMILES string of the molecule is COc1ccc(CC(NC(=O)[C@@H](CCCCCC(C)=O)NC(=O)OC(C)(C)C)C(=O)N[C@@H]2C(O)[C@H](n3cnc4c(N(C)C)ncnc43)O[C@@H]2CO)cc1. The van der Waals surface area contributed by atoms with Crippen molar-refractivity contribution in [1.82, 2.24) is 35.5 Å². The van der Waals surface area contributed by atoms with Crippen molar-refractivity contribution in [2.45, 2.75) is 108 Å². The van der Waals surface area contributed by atoms with Crippen molar-refractivity contribution < 1.29 is 43.6 Å². The van der Waals surface area contributed by atoms with Gasteiger partial charge in [-0.1, -0.05) is 25.0 Å². The summed E-state index contributed by atoms with van der Waals surface area (Å²) in [5.41, 5.74) is 0.718. The first-order valence-electron chi connectivity index (χ1n) is 17.6. The minimum absolute atomic E-state index is 0.0343. The third-order valence-corrected chi connectivity index (χ3v) is 8.66. The van der Waals surface area contributed by atoms with E-state index in [2.05, 4.69) is 30.9 Å². The number of Topliss-reactive ketones (excluding diaryl/α,β-unsaturated/α-hetero) is 1. The van der Waals surface area contributed by atoms with E-state index in [1.807, 2.05) is 14.1 Å². The molecule has 17 heteroatoms. The van der Waals surface area contributed by atoms with Crippen LogP contribution in [0.3, 0.4) is 0 Å². The Balaban J connectivity index is 1.57. The van der Waals surface area contributed by atoms with E-state index in [1.54, 1.807) is 49.9 Å². The van der Waals surface area contributed by atoms with Crippen LogP contribution in [0.4, 0.5) is 10.6 Å². The number of ketones is 1. The van der Waals surface area contributed by atoms with Crippen LogP contribution < -0.4 is 25.6 Å². The van der Waals surface area contributed by atoms with Crippen molar-refractivity contribution in [3.8, 4) is 5.75 Å². The summed E-state index contributed by atoms with van der Waals surface area (Å²) in [5, 5.41) is 30.0. The van der Waals surface area contributed by atoms with Gasteiger partial charge in [-0.3, -0.25) is 14.2 Å². The van der Waals surface area contributed by atoms with Crippen LogP contribution >= 0.6 is 0 Å². The summed E-state index contributed by atoms with van der Waals surface area (Å²) in [6.07, 6.45) is 1.02. The second kappa shape index (κ2) is 18.3. The van der Waals surface area contributed by atoms with Crippen LogP contribution in [0.15, 0.2) is 36.9 Å². The van der Waals surface area contributed by atoms with Crippen LogP contribution in [-0.2, 0) is 30.3 Å². The number of ether oxygens (including phenoxy) is 3. The molecule has 1 saturated heterocycles. The lowest BCUT2D eigenvalue weighted by atomic mass is 10.0. The van der Waals surface area contributed by atoms with Crippen LogP contribution in [0.5, 0.6) is 5.75 Å². The summed E-state index contributed by atoms with van der Waals surface area (Å²) in [6, 6.07) is 3.61. The minimum Gasteiger partial charge on any atom is -0.497 e. The number of alkyl carbamates (subject to hydrolysis) is 1. The highest BCUT2D eigenvalue weighted by atomic mass is 16.6. The molecular formula is C36H52N8O9. The minimum atomic E-state index is -1.36. The number of hydrogen-bond acceptors (Lipinski definition) is 13. The fourth-order valence-electron chi connectivity index (χ4n) is 6.02. The van der Waals surface area contributed by atoms with Crippen LogP contribution in [0.1, 0.15) is 71.6 Å². The molecule has 3 heterocycles. The number of imidazole rings is 1. The second-order valence-electron chi connectivity index (χ2n) is 14.3. The third kappa shape index (κ3) is 11.1. The number of carbonyl (C=O) groups excluding carboxylic acids is 4. The van der Waals surface area contributed by atoms with Gasteiger partial charge in [-0.25, -0.2) is 19.7 Å². The zero-order chi connectivity index (χ0) is 38.9. The Bertz CT molecular complexity index is 1710. The smallest absolute Gasteiger partial charge is 0.408 e. The molecule has 0 saturated carbocycles. The number of methoxy groups -OCH3 is 1. The van der Waals surface area contributed by atoms with Crippen LogP contribution in [0.2, 0.25) is 0 Å². The van der Waals surface area contributed by atoms with Gasteiger partial charge in [0.2, 0.25) is 11.8 Å². The molecule has 0 radical (unpaired) electrons. The number of fused-ring (bicyclic) bond motifs is 1. The van der Waals surface area contributed by atoms with Gasteiger partial charge in [-0.05, 0) is 58.2 Å². The lowest BCUT2D eigenvalue weighted by molar-refractivity contribution is -0.131. The largest absolute Gasteiger partial charge is 0.497 e. The molecule has 17 nitrogen and oxygen atoms in total. The predicted octanol–water partition coefficient (Wildman–Crippen LogP) is 1.80. The normalized spacial score (nSPS) is 19.6. The molecule has 2 aromatic heterocycles. The zero-order valence-electron chi connectivity index (χ0n) is 31.4. The van der Waals surface area contributed by atoms with Crippen LogP contribution in [0.25, 0.3) is 11.2 Å². The predicted molar refractivity (Wildman–Crippen MR) is 194 cm³/mol. The number of hydrogen-bond donors (Lipinski definition) is 5. The Hall–Kier alpha value is -4.87. The van der Waals surface area contributed by atoms with Gasteiger partial charge in [0, 0.05) is 26.9 Å². The van der Waals surface area contributed by atoms with Gasteiger partial charge in [-0.15, -0.1) is 0 Å². The quantitative estimate of drug-likeness (QED) is 0.125. The Kier molecular flexibility index (Phi) is 14.1. The summed E-state index contributed by atoms with van der Waals surface area (Å²) >= 11 is 0. The van der Waals surface area contributed by atoms with Crippen molar-refractivity contribution in [2.75, 3.05) is 32.7 Å². The van der Waals surface area contributed by atoms with Gasteiger partial charge in [0.15, 0.2) is 23.2 Å². The first kappa shape index (κ1) is 40.9. The monoisotopic (exact) mass is 740 g/mol. The second-order valence-corrected chi connectivity index (χ2v) is 14.3. The third-order valence-electron chi connectivity index (χ3n) is 8.66. The average Bonchev–Trinajstić information content (AvgIpc) is 3.66. The highest BCUT2D eigenvalue weighted by Crippen LogP contribution is 2.32. The molecule has 5 N–H and O–H groups in total. The lowest BCUT2D eigenvalue weighted by Gasteiger charge is -2.27. The number of anilines is 1. The Morgan fingerprint density at radius 1 is 1.00 bits per heavy atom. The summed E-state index contributed by atoms with van der Waals surface area (Å²) < 4.78 is 18.2. The molecule has 3 amide bonds. The number of nitrogens with zero attached hydrogens (tertiary/aromatic N) is 5. The molecule has 0 aliphatic carbocycles. The number of aliphatic hydroxyl groups is 2. The van der Waals surface area contributed by atoms with Crippen molar-refractivity contribution in [1.29, 1.82) is 0 Å². The van der Waals surface area contributed by atoms with E-state index in [-0.39, 0.29) is 18.6 Å². The van der Waals surface area contributed by atoms with Gasteiger partial charge in [0.25, 0.3) is 0 Å². The molecule has 3 aromatic rings. The molecule has 0 bridgehead atoms. The Morgan fingerprint density at radius 2 is 1.72 bits per heavy atom. The number of aliphatic hydroxyl groups excluding tert-OH is 2. The van der Waals surface area contributed by atoms with Crippen molar-refractivity contribution in [3.05, 3.63) is 42.5 Å². The molecule has 4 rings (SSSR count). The molecule has 2 unspecified atom stereocenters. The number of nitrogens with one attached hydrogen (secondary N) is 3. The fourth-order valence-corrected chi connectivity index (χ4v) is 6.02. The maximum Gasteiger partial charge on any atom is 0.408 e. The molecular weight excluding hydrogens is 688 g/mol. The molecule has 1 aliphatic heterocycles. The van der Waals surface area contributed by atoms with Gasteiger partial charge in [0.05, 0.1) is 26.1 Å². The maximum atomic E-state index is 14.1. The molecule has 6 atom stereocenters. The van der Waals surface area contributed by atoms with E-state index in [4.69, 9.17) is 14.2 Å². The van der Waals surface area contributed by atoms with E-state index in [0.29, 0.717) is 54.0 Å². The molecule has 290 valence electrons. The summed E-state index contributed by atoms with van der Waals surface area (Å²) in [5.74, 6) is -0.0687. The van der Waals surface area contributed by atoms with Crippen molar-refractivity contribution in [3.63, 3.8) is 0 Å².